The molecule has 2 aromatic heterocycles. The van der Waals surface area contributed by atoms with Gasteiger partial charge in [0.1, 0.15) is 0 Å². The van der Waals surface area contributed by atoms with E-state index in [1.54, 1.807) is 6.20 Å². The van der Waals surface area contributed by atoms with Crippen LogP contribution >= 0.6 is 11.6 Å². The molecule has 1 aliphatic heterocycles. The van der Waals surface area contributed by atoms with Crippen LogP contribution in [-0.4, -0.2) is 57.5 Å². The highest BCUT2D eigenvalue weighted by atomic mass is 35.5. The highest BCUT2D eigenvalue weighted by molar-refractivity contribution is 6.33. The summed E-state index contributed by atoms with van der Waals surface area (Å²) in [5, 5.41) is 14.2. The van der Waals surface area contributed by atoms with Crippen LogP contribution in [0.2, 0.25) is 5.02 Å². The molecule has 5 N–H and O–H groups in total. The number of carbonyl (C=O) groups is 2. The Balaban J connectivity index is 1.20. The van der Waals surface area contributed by atoms with E-state index in [1.165, 1.54) is 6.08 Å². The van der Waals surface area contributed by atoms with Gasteiger partial charge in [-0.25, -0.2) is 9.97 Å². The molecule has 0 spiro atoms. The molecule has 9 nitrogen and oxygen atoms in total. The molecule has 2 fully saturated rings. The third-order valence-electron chi connectivity index (χ3n) is 6.92. The van der Waals surface area contributed by atoms with Crippen LogP contribution in [0.4, 0.5) is 5.95 Å². The number of halogens is 1. The van der Waals surface area contributed by atoms with Gasteiger partial charge in [0.25, 0.3) is 0 Å². The van der Waals surface area contributed by atoms with E-state index in [4.69, 9.17) is 16.6 Å². The molecule has 1 aromatic carbocycles. The number of H-pyrrole nitrogens is 1. The Morgan fingerprint density at radius 3 is 2.81 bits per heavy atom. The number of para-hydroxylation sites is 1. The fourth-order valence-corrected chi connectivity index (χ4v) is 5.33. The topological polar surface area (TPSA) is 124 Å². The zero-order valence-corrected chi connectivity index (χ0v) is 20.6. The molecule has 1 aliphatic carbocycles. The molecule has 4 atom stereocenters. The molecule has 10 heteroatoms. The SMILES string of the molecule is C=CC(=O)N[C@@H]1CN[C@H](C(=O)N[C@H]2CCC[C@@H](Nc3ncc(Cl)c(-c4c[nH]c5ccccc45)n3)C2)C1. The van der Waals surface area contributed by atoms with Crippen molar-refractivity contribution in [3.05, 3.63) is 54.3 Å². The Bertz CT molecular complexity index is 1280. The van der Waals surface area contributed by atoms with Gasteiger partial charge < -0.3 is 26.3 Å². The minimum atomic E-state index is -0.313. The predicted octanol–water partition coefficient (Wildman–Crippen LogP) is 3.15. The monoisotopic (exact) mass is 507 g/mol. The Morgan fingerprint density at radius 1 is 1.11 bits per heavy atom. The number of nitrogens with zero attached hydrogens (tertiary/aromatic N) is 2. The molecule has 0 unspecified atom stereocenters. The highest BCUT2D eigenvalue weighted by Gasteiger charge is 2.32. The summed E-state index contributed by atoms with van der Waals surface area (Å²) < 4.78 is 0. The van der Waals surface area contributed by atoms with Crippen molar-refractivity contribution in [3.8, 4) is 11.3 Å². The van der Waals surface area contributed by atoms with Crippen LogP contribution in [0.3, 0.4) is 0 Å². The lowest BCUT2D eigenvalue weighted by molar-refractivity contribution is -0.124. The summed E-state index contributed by atoms with van der Waals surface area (Å²) in [7, 11) is 0. The Labute approximate surface area is 214 Å². The van der Waals surface area contributed by atoms with Gasteiger partial charge in [0.15, 0.2) is 0 Å². The number of anilines is 1. The first-order valence-corrected chi connectivity index (χ1v) is 12.7. The fraction of sp³-hybridized carbons (Fsp3) is 0.385. The molecule has 36 heavy (non-hydrogen) atoms. The number of nitrogens with one attached hydrogen (secondary N) is 5. The third kappa shape index (κ3) is 5.37. The van der Waals surface area contributed by atoms with Gasteiger partial charge in [-0.05, 0) is 44.2 Å². The van der Waals surface area contributed by atoms with E-state index in [-0.39, 0.29) is 36.0 Å². The maximum Gasteiger partial charge on any atom is 0.243 e. The van der Waals surface area contributed by atoms with Crippen molar-refractivity contribution >= 4 is 40.3 Å². The summed E-state index contributed by atoms with van der Waals surface area (Å²) in [5.41, 5.74) is 2.63. The van der Waals surface area contributed by atoms with Crippen molar-refractivity contribution in [2.75, 3.05) is 11.9 Å². The maximum atomic E-state index is 12.8. The largest absolute Gasteiger partial charge is 0.360 e. The molecule has 0 bridgehead atoms. The van der Waals surface area contributed by atoms with E-state index in [9.17, 15) is 9.59 Å². The van der Waals surface area contributed by atoms with Gasteiger partial charge in [-0.15, -0.1) is 0 Å². The van der Waals surface area contributed by atoms with Crippen LogP contribution in [0.15, 0.2) is 49.3 Å². The van der Waals surface area contributed by atoms with Crippen molar-refractivity contribution < 1.29 is 9.59 Å². The minimum absolute atomic E-state index is 0.0274. The second kappa shape index (κ2) is 10.7. The minimum Gasteiger partial charge on any atom is -0.360 e. The van der Waals surface area contributed by atoms with Crippen LogP contribution in [0.1, 0.15) is 32.1 Å². The van der Waals surface area contributed by atoms with E-state index in [2.05, 4.69) is 37.8 Å². The lowest BCUT2D eigenvalue weighted by Gasteiger charge is -2.31. The second-order valence-corrected chi connectivity index (χ2v) is 9.86. The van der Waals surface area contributed by atoms with Crippen LogP contribution in [0.5, 0.6) is 0 Å². The number of hydrogen-bond acceptors (Lipinski definition) is 6. The number of fused-ring (bicyclic) bond motifs is 1. The van der Waals surface area contributed by atoms with Crippen molar-refractivity contribution in [3.63, 3.8) is 0 Å². The lowest BCUT2D eigenvalue weighted by Crippen LogP contribution is -2.48. The standard InChI is InChI=1S/C26H30ClN7O2/c1-2-23(35)31-17-11-22(28-12-17)25(36)32-15-6-5-7-16(10-15)33-26-30-14-20(27)24(34-26)19-13-29-21-9-4-3-8-18(19)21/h2-4,8-9,13-17,22,28-29H,1,5-7,10-12H2,(H,31,35)(H,32,36)(H,30,33,34)/t15-,16+,17-,22-/m0/s1. The zero-order valence-electron chi connectivity index (χ0n) is 19.9. The summed E-state index contributed by atoms with van der Waals surface area (Å²) in [6, 6.07) is 7.84. The van der Waals surface area contributed by atoms with E-state index >= 15 is 0 Å². The van der Waals surface area contributed by atoms with Gasteiger partial charge in [-0.2, -0.15) is 0 Å². The van der Waals surface area contributed by atoms with E-state index in [0.29, 0.717) is 29.6 Å². The number of aromatic nitrogens is 3. The molecular formula is C26H30ClN7O2. The fourth-order valence-electron chi connectivity index (χ4n) is 5.13. The van der Waals surface area contributed by atoms with Crippen molar-refractivity contribution in [2.24, 2.45) is 0 Å². The van der Waals surface area contributed by atoms with Crippen LogP contribution in [0, 0.1) is 0 Å². The van der Waals surface area contributed by atoms with Gasteiger partial charge in [-0.3, -0.25) is 9.59 Å². The molecule has 2 amide bonds. The summed E-state index contributed by atoms with van der Waals surface area (Å²) >= 11 is 6.47. The molecule has 3 aromatic rings. The Morgan fingerprint density at radius 2 is 1.94 bits per heavy atom. The maximum absolute atomic E-state index is 12.8. The summed E-state index contributed by atoms with van der Waals surface area (Å²) in [4.78, 5) is 36.8. The van der Waals surface area contributed by atoms with Crippen LogP contribution < -0.4 is 21.3 Å². The van der Waals surface area contributed by atoms with Crippen LogP contribution in [0.25, 0.3) is 22.2 Å². The predicted molar refractivity (Wildman–Crippen MR) is 141 cm³/mol. The highest BCUT2D eigenvalue weighted by Crippen LogP contribution is 2.32. The number of carbonyl (C=O) groups excluding carboxylic acids is 2. The first kappa shape index (κ1) is 24.3. The van der Waals surface area contributed by atoms with Gasteiger partial charge >= 0.3 is 0 Å². The normalized spacial score (nSPS) is 23.8. The molecule has 188 valence electrons. The third-order valence-corrected chi connectivity index (χ3v) is 7.20. The lowest BCUT2D eigenvalue weighted by atomic mass is 9.90. The van der Waals surface area contributed by atoms with Gasteiger partial charge in [0.05, 0.1) is 23.0 Å². The number of rotatable bonds is 7. The molecule has 1 saturated carbocycles. The van der Waals surface area contributed by atoms with E-state index in [1.807, 2.05) is 30.5 Å². The van der Waals surface area contributed by atoms with Gasteiger partial charge in [0.2, 0.25) is 17.8 Å². The van der Waals surface area contributed by atoms with Gasteiger partial charge in [-0.1, -0.05) is 36.4 Å². The summed E-state index contributed by atoms with van der Waals surface area (Å²) in [5.74, 6) is 0.275. The van der Waals surface area contributed by atoms with Crippen molar-refractivity contribution in [2.45, 2.75) is 56.3 Å². The van der Waals surface area contributed by atoms with Crippen molar-refractivity contribution in [1.29, 1.82) is 0 Å². The number of hydrogen-bond donors (Lipinski definition) is 5. The second-order valence-electron chi connectivity index (χ2n) is 9.46. The first-order chi connectivity index (χ1) is 17.5. The summed E-state index contributed by atoms with van der Waals surface area (Å²) in [6.07, 6.45) is 9.02. The van der Waals surface area contributed by atoms with Crippen molar-refractivity contribution in [1.82, 2.24) is 30.9 Å². The number of amides is 2. The average Bonchev–Trinajstić information content (AvgIpc) is 3.53. The average molecular weight is 508 g/mol. The number of benzene rings is 1. The Kier molecular flexibility index (Phi) is 7.20. The molecule has 5 rings (SSSR count). The molecule has 3 heterocycles. The molecule has 0 radical (unpaired) electrons. The molecule has 1 saturated heterocycles. The Hall–Kier alpha value is -3.43. The molecular weight excluding hydrogens is 478 g/mol. The molecule has 2 aliphatic rings. The van der Waals surface area contributed by atoms with Crippen LogP contribution in [-0.2, 0) is 9.59 Å². The number of aromatic amines is 1. The van der Waals surface area contributed by atoms with E-state index < -0.39 is 0 Å². The quantitative estimate of drug-likeness (QED) is 0.313. The first-order valence-electron chi connectivity index (χ1n) is 12.3. The van der Waals surface area contributed by atoms with Gasteiger partial charge in [0, 0.05) is 47.3 Å². The van der Waals surface area contributed by atoms with E-state index in [0.717, 1.165) is 42.1 Å². The zero-order chi connectivity index (χ0) is 25.1. The smallest absolute Gasteiger partial charge is 0.243 e. The summed E-state index contributed by atoms with van der Waals surface area (Å²) in [6.45, 7) is 4.04.